The van der Waals surface area contributed by atoms with E-state index in [1.54, 1.807) is 38.1 Å². The van der Waals surface area contributed by atoms with Crippen LogP contribution in [0.1, 0.15) is 62.4 Å². The first-order chi connectivity index (χ1) is 14.1. The Morgan fingerprint density at radius 3 is 2.20 bits per heavy atom. The van der Waals surface area contributed by atoms with E-state index >= 15 is 0 Å². The van der Waals surface area contributed by atoms with Gasteiger partial charge in [0.2, 0.25) is 5.88 Å². The highest BCUT2D eigenvalue weighted by molar-refractivity contribution is 6.04. The summed E-state index contributed by atoms with van der Waals surface area (Å²) in [6, 6.07) is 7.78. The Kier molecular flexibility index (Phi) is 7.63. The molecule has 30 heavy (non-hydrogen) atoms. The van der Waals surface area contributed by atoms with Crippen LogP contribution in [-0.2, 0) is 4.74 Å². The molecule has 1 aromatic carbocycles. The third kappa shape index (κ3) is 6.37. The number of anilines is 2. The maximum absolute atomic E-state index is 12.7. The number of carbonyl (C=O) groups is 2. The van der Waals surface area contributed by atoms with Gasteiger partial charge in [-0.25, -0.2) is 9.78 Å². The average molecular weight is 415 g/mol. The monoisotopic (exact) mass is 415 g/mol. The van der Waals surface area contributed by atoms with Gasteiger partial charge < -0.3 is 25.3 Å². The van der Waals surface area contributed by atoms with E-state index in [1.165, 1.54) is 6.07 Å². The Balaban J connectivity index is 2.30. The van der Waals surface area contributed by atoms with Crippen LogP contribution in [0.25, 0.3) is 0 Å². The van der Waals surface area contributed by atoms with Crippen molar-refractivity contribution < 1.29 is 23.8 Å². The number of hydrogen-bond acceptors (Lipinski definition) is 7. The molecule has 0 bridgehead atoms. The molecule has 3 N–H and O–H groups in total. The third-order valence-corrected chi connectivity index (χ3v) is 3.64. The van der Waals surface area contributed by atoms with Crippen LogP contribution in [0.4, 0.5) is 11.4 Å². The van der Waals surface area contributed by atoms with Crippen LogP contribution in [0.3, 0.4) is 0 Å². The van der Waals surface area contributed by atoms with E-state index in [4.69, 9.17) is 19.9 Å². The summed E-state index contributed by atoms with van der Waals surface area (Å²) in [7, 11) is 0. The maximum atomic E-state index is 12.7. The first kappa shape index (κ1) is 23.0. The molecule has 8 heteroatoms. The van der Waals surface area contributed by atoms with Crippen molar-refractivity contribution in [2.45, 2.75) is 59.9 Å². The van der Waals surface area contributed by atoms with Gasteiger partial charge in [0.25, 0.3) is 5.91 Å². The van der Waals surface area contributed by atoms with E-state index in [9.17, 15) is 9.59 Å². The molecule has 2 aromatic rings. The van der Waals surface area contributed by atoms with Crippen molar-refractivity contribution >= 4 is 23.3 Å². The van der Waals surface area contributed by atoms with Crippen LogP contribution >= 0.6 is 0 Å². The van der Waals surface area contributed by atoms with E-state index in [2.05, 4.69) is 10.3 Å². The minimum atomic E-state index is -0.466. The molecule has 1 heterocycles. The second-order valence-electron chi connectivity index (χ2n) is 7.54. The van der Waals surface area contributed by atoms with Gasteiger partial charge in [-0.2, -0.15) is 0 Å². The lowest BCUT2D eigenvalue weighted by atomic mass is 10.1. The Morgan fingerprint density at radius 2 is 1.60 bits per heavy atom. The zero-order valence-electron chi connectivity index (χ0n) is 18.2. The molecule has 0 spiro atoms. The number of aromatic nitrogens is 1. The van der Waals surface area contributed by atoms with E-state index in [0.717, 1.165) is 0 Å². The smallest absolute Gasteiger partial charge is 0.338 e. The molecule has 162 valence electrons. The lowest BCUT2D eigenvalue weighted by Crippen LogP contribution is -2.18. The number of pyridine rings is 1. The van der Waals surface area contributed by atoms with Gasteiger partial charge in [0, 0.05) is 0 Å². The first-order valence-electron chi connectivity index (χ1n) is 9.83. The summed E-state index contributed by atoms with van der Waals surface area (Å²) in [5.74, 6) is -0.379. The fourth-order valence-corrected chi connectivity index (χ4v) is 2.47. The van der Waals surface area contributed by atoms with E-state index < -0.39 is 11.9 Å². The summed E-state index contributed by atoms with van der Waals surface area (Å²) in [5.41, 5.74) is 7.08. The van der Waals surface area contributed by atoms with E-state index in [1.807, 2.05) is 27.7 Å². The summed E-state index contributed by atoms with van der Waals surface area (Å²) in [5, 5.41) is 2.76. The number of rotatable bonds is 8. The summed E-state index contributed by atoms with van der Waals surface area (Å²) in [4.78, 5) is 29.2. The standard InChI is InChI=1S/C22H29N3O5/c1-12(2)28-19-11-15(22(27)30-14(5)6)7-9-17(19)24-20(26)18-10-8-16(23)21(25-18)29-13(3)4/h7-14H,23H2,1-6H3,(H,24,26). The number of nitrogen functional groups attached to an aromatic ring is 1. The number of ether oxygens (including phenoxy) is 3. The van der Waals surface area contributed by atoms with Crippen molar-refractivity contribution in [1.82, 2.24) is 4.98 Å². The SMILES string of the molecule is CC(C)OC(=O)c1ccc(NC(=O)c2ccc(N)c(OC(C)C)n2)c(OC(C)C)c1. The van der Waals surface area contributed by atoms with Crippen LogP contribution in [0.15, 0.2) is 30.3 Å². The van der Waals surface area contributed by atoms with E-state index in [-0.39, 0.29) is 29.9 Å². The molecule has 0 aliphatic heterocycles. The second-order valence-corrected chi connectivity index (χ2v) is 7.54. The molecule has 0 aliphatic carbocycles. The third-order valence-electron chi connectivity index (χ3n) is 3.64. The molecule has 0 aliphatic rings. The number of esters is 1. The zero-order valence-corrected chi connectivity index (χ0v) is 18.2. The topological polar surface area (TPSA) is 113 Å². The lowest BCUT2D eigenvalue weighted by Gasteiger charge is -2.17. The molecule has 0 saturated carbocycles. The molecule has 1 aromatic heterocycles. The highest BCUT2D eigenvalue weighted by atomic mass is 16.5. The highest BCUT2D eigenvalue weighted by Gasteiger charge is 2.18. The van der Waals surface area contributed by atoms with Gasteiger partial charge in [0.1, 0.15) is 11.4 Å². The quantitative estimate of drug-likeness (QED) is 0.625. The predicted octanol–water partition coefficient (Wildman–Crippen LogP) is 4.06. The van der Waals surface area contributed by atoms with Gasteiger partial charge in [-0.3, -0.25) is 4.79 Å². The Morgan fingerprint density at radius 1 is 0.933 bits per heavy atom. The number of benzene rings is 1. The molecule has 0 atom stereocenters. The summed E-state index contributed by atoms with van der Waals surface area (Å²) in [6.07, 6.45) is -0.551. The van der Waals surface area contributed by atoms with Crippen molar-refractivity contribution in [3.05, 3.63) is 41.6 Å². The van der Waals surface area contributed by atoms with Crippen LogP contribution in [0.2, 0.25) is 0 Å². The molecule has 0 fully saturated rings. The molecule has 2 rings (SSSR count). The van der Waals surface area contributed by atoms with Crippen LogP contribution in [0, 0.1) is 0 Å². The Bertz CT molecular complexity index is 910. The number of nitrogens with two attached hydrogens (primary N) is 1. The number of amides is 1. The average Bonchev–Trinajstić information content (AvgIpc) is 2.63. The number of carbonyl (C=O) groups excluding carboxylic acids is 2. The van der Waals surface area contributed by atoms with Gasteiger partial charge in [-0.15, -0.1) is 0 Å². The minimum Gasteiger partial charge on any atom is -0.489 e. The maximum Gasteiger partial charge on any atom is 0.338 e. The second kappa shape index (κ2) is 9.96. The minimum absolute atomic E-state index is 0.137. The molecular weight excluding hydrogens is 386 g/mol. The van der Waals surface area contributed by atoms with Crippen molar-refractivity contribution in [3.63, 3.8) is 0 Å². The largest absolute Gasteiger partial charge is 0.489 e. The molecule has 8 nitrogen and oxygen atoms in total. The van der Waals surface area contributed by atoms with Crippen molar-refractivity contribution in [1.29, 1.82) is 0 Å². The summed E-state index contributed by atoms with van der Waals surface area (Å²) < 4.78 is 16.6. The highest BCUT2D eigenvalue weighted by Crippen LogP contribution is 2.28. The fourth-order valence-electron chi connectivity index (χ4n) is 2.47. The molecule has 0 unspecified atom stereocenters. The predicted molar refractivity (Wildman–Crippen MR) is 115 cm³/mol. The number of hydrogen-bond donors (Lipinski definition) is 2. The van der Waals surface area contributed by atoms with Crippen molar-refractivity contribution in [3.8, 4) is 11.6 Å². The van der Waals surface area contributed by atoms with Crippen LogP contribution in [0.5, 0.6) is 11.6 Å². The van der Waals surface area contributed by atoms with Crippen molar-refractivity contribution in [2.24, 2.45) is 0 Å². The number of nitrogens with zero attached hydrogens (tertiary/aromatic N) is 1. The zero-order chi connectivity index (χ0) is 22.4. The molecule has 0 radical (unpaired) electrons. The first-order valence-corrected chi connectivity index (χ1v) is 9.83. The molecule has 0 saturated heterocycles. The summed E-state index contributed by atoms with van der Waals surface area (Å²) in [6.45, 7) is 10.9. The van der Waals surface area contributed by atoms with Gasteiger partial charge in [0.15, 0.2) is 0 Å². The molecule has 1 amide bonds. The normalized spacial score (nSPS) is 11.0. The summed E-state index contributed by atoms with van der Waals surface area (Å²) >= 11 is 0. The van der Waals surface area contributed by atoms with Crippen molar-refractivity contribution in [2.75, 3.05) is 11.1 Å². The van der Waals surface area contributed by atoms with E-state index in [0.29, 0.717) is 22.7 Å². The van der Waals surface area contributed by atoms with Crippen LogP contribution < -0.4 is 20.5 Å². The Labute approximate surface area is 176 Å². The van der Waals surface area contributed by atoms with Gasteiger partial charge in [0.05, 0.1) is 35.3 Å². The Hall–Kier alpha value is -3.29. The number of nitrogens with one attached hydrogen (secondary N) is 1. The fraction of sp³-hybridized carbons (Fsp3) is 0.409. The lowest BCUT2D eigenvalue weighted by molar-refractivity contribution is 0.0377. The van der Waals surface area contributed by atoms with Gasteiger partial charge in [-0.05, 0) is 71.9 Å². The molecular formula is C22H29N3O5. The van der Waals surface area contributed by atoms with Gasteiger partial charge >= 0.3 is 5.97 Å². The van der Waals surface area contributed by atoms with Crippen LogP contribution in [-0.4, -0.2) is 35.2 Å². The van der Waals surface area contributed by atoms with Gasteiger partial charge in [-0.1, -0.05) is 0 Å².